The van der Waals surface area contributed by atoms with Gasteiger partial charge in [-0.15, -0.1) is 0 Å². The van der Waals surface area contributed by atoms with Gasteiger partial charge in [-0.1, -0.05) is 66.7 Å². The van der Waals surface area contributed by atoms with Crippen LogP contribution < -0.4 is 17.2 Å². The van der Waals surface area contributed by atoms with Gasteiger partial charge in [0.15, 0.2) is 22.4 Å². The number of aromatic nitrogens is 2. The molecule has 8 aliphatic rings. The number of benzene rings is 6. The molecule has 2 heterocycles. The number of amides is 6. The highest BCUT2D eigenvalue weighted by atomic mass is 19.4. The lowest BCUT2D eigenvalue weighted by Crippen LogP contribution is -2.49. The molecule has 23 nitrogen and oxygen atoms in total. The summed E-state index contributed by atoms with van der Waals surface area (Å²) < 4.78 is 242. The summed E-state index contributed by atoms with van der Waals surface area (Å²) in [6.07, 6.45) is -3.88. The monoisotopic (exact) mass is 2050 g/mol. The van der Waals surface area contributed by atoms with Gasteiger partial charge < -0.3 is 71.4 Å². The molecule has 0 saturated heterocycles. The Morgan fingerprint density at radius 3 is 0.855 bits per heavy atom. The summed E-state index contributed by atoms with van der Waals surface area (Å²) in [5.41, 5.74) is 3.28. The molecule has 10 N–H and O–H groups in total. The molecule has 0 unspecified atom stereocenters. The van der Waals surface area contributed by atoms with Crippen LogP contribution in [0.2, 0.25) is 0 Å². The molecule has 0 bridgehead atoms. The Hall–Kier alpha value is -11.9. The number of alkyl halides is 12. The number of pyridine rings is 2. The predicted octanol–water partition coefficient (Wildman–Crippen LogP) is 19.6. The highest BCUT2D eigenvalue weighted by Crippen LogP contribution is 2.52. The molecule has 6 aromatic carbocycles. The zero-order chi connectivity index (χ0) is 106. The maximum absolute atomic E-state index is 14.7. The average Bonchev–Trinajstić information content (AvgIpc) is 1.75. The first kappa shape index (κ1) is 110. The summed E-state index contributed by atoms with van der Waals surface area (Å²) in [6, 6.07) is 34.1. The Balaban J connectivity index is 0.000000162. The highest BCUT2D eigenvalue weighted by molar-refractivity contribution is 5.97. The van der Waals surface area contributed by atoms with Gasteiger partial charge in [0.2, 0.25) is 0 Å². The SMILES string of the molecule is COC(=O)C1(c2ccc(F)cc2F)CCC(N(C(=O)c2ccc([C@](C)(O)C(F)(F)F)cc2)C2CC2)CC1.C[C@](O)(c1ccc(C(=O)N(C2CC2)C2CCC(CN)(c3ccc(F)cn3)CC2)cc1)C(F)(F)F.C[C@](O)(c1ccc(C(=O)N(C2CC2)C2CCC(COC(N)=O)(c3ccc(F)cc3)CC2)cc1)C(F)(F)F.C[C@](O)(c1ccc(C(=O)N(C2CC2)C2CCC(COC(N)=O)(c3ccc(F)cn3)CC2)cc1)C(F)(F)F. The average molecular weight is 2050 g/mol. The van der Waals surface area contributed by atoms with Gasteiger partial charge in [-0.25, -0.2) is 31.5 Å². The molecule has 2 aromatic heterocycles. The summed E-state index contributed by atoms with van der Waals surface area (Å²) in [5.74, 6) is -4.63. The van der Waals surface area contributed by atoms with Crippen molar-refractivity contribution in [3.05, 3.63) is 272 Å². The van der Waals surface area contributed by atoms with Crippen LogP contribution in [0.15, 0.2) is 176 Å². The van der Waals surface area contributed by atoms with Crippen molar-refractivity contribution in [1.29, 1.82) is 0 Å². The van der Waals surface area contributed by atoms with Gasteiger partial charge in [0.1, 0.15) is 42.3 Å². The number of esters is 1. The number of aliphatic hydroxyl groups is 4. The van der Waals surface area contributed by atoms with E-state index in [0.29, 0.717) is 135 Å². The molecule has 0 spiro atoms. The van der Waals surface area contributed by atoms with Crippen LogP contribution in [-0.2, 0) is 63.1 Å². The second-order valence-corrected chi connectivity index (χ2v) is 40.0. The molecule has 4 atom stereocenters. The molecular weight excluding hydrogens is 1930 g/mol. The smallest absolute Gasteiger partial charge is 0.421 e. The Kier molecular flexibility index (Phi) is 32.9. The summed E-state index contributed by atoms with van der Waals surface area (Å²) in [6.45, 7) is 3.09. The first-order valence-corrected chi connectivity index (χ1v) is 48.0. The van der Waals surface area contributed by atoms with Gasteiger partial charge in [-0.3, -0.25) is 33.9 Å². The number of rotatable bonds is 26. The van der Waals surface area contributed by atoms with E-state index in [1.54, 1.807) is 34.1 Å². The van der Waals surface area contributed by atoms with Crippen molar-refractivity contribution in [1.82, 2.24) is 29.6 Å². The van der Waals surface area contributed by atoms with Crippen LogP contribution in [0.4, 0.5) is 84.2 Å². The summed E-state index contributed by atoms with van der Waals surface area (Å²) in [4.78, 5) is 105. The lowest BCUT2D eigenvalue weighted by Gasteiger charge is -2.43. The van der Waals surface area contributed by atoms with Crippen LogP contribution in [-0.4, -0.2) is 192 Å². The molecular formula is C105H116F17N9O14. The second-order valence-electron chi connectivity index (χ2n) is 40.0. The summed E-state index contributed by atoms with van der Waals surface area (Å²) >= 11 is 0. The van der Waals surface area contributed by atoms with Gasteiger partial charge in [-0.05, 0) is 301 Å². The van der Waals surface area contributed by atoms with E-state index in [1.165, 1.54) is 92.2 Å². The van der Waals surface area contributed by atoms with Crippen molar-refractivity contribution < 1.29 is 143 Å². The number of ether oxygens (including phenoxy) is 3. The van der Waals surface area contributed by atoms with Gasteiger partial charge in [0, 0.05) is 111 Å². The van der Waals surface area contributed by atoms with Crippen molar-refractivity contribution in [3.8, 4) is 0 Å². The number of methoxy groups -OCH3 is 1. The Bertz CT molecular complexity index is 5670. The van der Waals surface area contributed by atoms with Gasteiger partial charge in [0.25, 0.3) is 23.6 Å². The fourth-order valence-corrected chi connectivity index (χ4v) is 20.4. The normalized spacial score (nSPS) is 24.0. The third kappa shape index (κ3) is 24.5. The zero-order valence-electron chi connectivity index (χ0n) is 80.2. The lowest BCUT2D eigenvalue weighted by molar-refractivity contribution is -0.259. The fourth-order valence-electron chi connectivity index (χ4n) is 20.4. The summed E-state index contributed by atoms with van der Waals surface area (Å²) in [5, 5.41) is 39.6. The van der Waals surface area contributed by atoms with Gasteiger partial charge in [0.05, 0.1) is 30.6 Å². The van der Waals surface area contributed by atoms with Crippen LogP contribution in [0.1, 0.15) is 268 Å². The van der Waals surface area contributed by atoms with E-state index in [-0.39, 0.29) is 154 Å². The van der Waals surface area contributed by atoms with Gasteiger partial charge in [-0.2, -0.15) is 52.7 Å². The van der Waals surface area contributed by atoms with E-state index in [4.69, 9.17) is 31.4 Å². The first-order chi connectivity index (χ1) is 68.0. The van der Waals surface area contributed by atoms with E-state index in [9.17, 15) is 129 Å². The van der Waals surface area contributed by atoms with Crippen LogP contribution in [0.5, 0.6) is 0 Å². The second kappa shape index (κ2) is 43.3. The third-order valence-electron chi connectivity index (χ3n) is 30.2. The van der Waals surface area contributed by atoms with Crippen molar-refractivity contribution in [2.24, 2.45) is 17.2 Å². The molecule has 6 amide bonds. The van der Waals surface area contributed by atoms with Gasteiger partial charge >= 0.3 is 42.9 Å². The van der Waals surface area contributed by atoms with Crippen molar-refractivity contribution in [3.63, 3.8) is 0 Å². The first-order valence-electron chi connectivity index (χ1n) is 48.0. The number of carbonyl (C=O) groups excluding carboxylic acids is 7. The Morgan fingerprint density at radius 1 is 0.345 bits per heavy atom. The maximum Gasteiger partial charge on any atom is 0.421 e. The van der Waals surface area contributed by atoms with Crippen LogP contribution >= 0.6 is 0 Å². The molecule has 8 fully saturated rings. The van der Waals surface area contributed by atoms with Crippen molar-refractivity contribution in [2.75, 3.05) is 26.9 Å². The third-order valence-corrected chi connectivity index (χ3v) is 30.2. The quantitative estimate of drug-likeness (QED) is 0.0150. The topological polar surface area (TPSA) is 345 Å². The van der Waals surface area contributed by atoms with Crippen LogP contribution in [0.25, 0.3) is 0 Å². The predicted molar refractivity (Wildman–Crippen MR) is 494 cm³/mol. The van der Waals surface area contributed by atoms with E-state index in [0.717, 1.165) is 129 Å². The van der Waals surface area contributed by atoms with E-state index < -0.39 is 105 Å². The van der Waals surface area contributed by atoms with Crippen molar-refractivity contribution in [2.45, 2.75) is 299 Å². The number of halogens is 17. The molecule has 0 aliphatic heterocycles. The number of hydrogen-bond acceptors (Lipinski definition) is 17. The zero-order valence-corrected chi connectivity index (χ0v) is 80.2. The number of carbonyl (C=O) groups is 7. The molecule has 8 aromatic rings. The molecule has 145 heavy (non-hydrogen) atoms. The summed E-state index contributed by atoms with van der Waals surface area (Å²) in [7, 11) is 1.21. The molecule has 8 saturated carbocycles. The largest absolute Gasteiger partial charge is 0.468 e. The fraction of sp³-hybridized carbons (Fsp3) is 0.495. The van der Waals surface area contributed by atoms with Crippen molar-refractivity contribution >= 4 is 41.8 Å². The molecule has 8 aliphatic carbocycles. The van der Waals surface area contributed by atoms with E-state index in [2.05, 4.69) is 9.97 Å². The Labute approximate surface area is 825 Å². The van der Waals surface area contributed by atoms with E-state index in [1.807, 2.05) is 9.80 Å². The number of hydrogen-bond donors (Lipinski definition) is 7. The Morgan fingerprint density at radius 2 is 0.600 bits per heavy atom. The number of nitrogens with zero attached hydrogens (tertiary/aromatic N) is 6. The molecule has 0 radical (unpaired) electrons. The molecule has 16 rings (SSSR count). The molecule has 40 heteroatoms. The lowest BCUT2D eigenvalue weighted by atomic mass is 9.67. The minimum absolute atomic E-state index is 0.0157. The maximum atomic E-state index is 14.7. The minimum Gasteiger partial charge on any atom is -0.468 e. The minimum atomic E-state index is -4.88. The van der Waals surface area contributed by atoms with Crippen LogP contribution in [0, 0.1) is 29.1 Å². The number of nitrogens with two attached hydrogens (primary N) is 3. The number of primary amides is 2. The highest BCUT2D eigenvalue weighted by Gasteiger charge is 2.58. The standard InChI is InChI=1S/C27H28F5NO4.C27H30F4N2O4.C26H29F4N3O4.C25H29F4N3O2/c1-25(36,27(30,31)32)17-5-3-16(4-6-17)23(34)33(19-8-9-19)20-11-13-26(14-12-20,24(35)37-2)21-10-7-18(28)15-22(21)29;1-25(36,27(29,30)31)18-4-2-17(3-5-18)23(34)33(21-10-11-21)22-12-14-26(15-13-22,16-37-24(32)35)19-6-8-20(28)9-7-19;1-24(36,26(28,29)30)17-4-2-16(3-5-17)22(34)33(19-7-8-19)20-10-12-25(13-11-20,15-37-23(31)35)21-9-6-18(27)14-32-21;1-23(34,25(27,28)29)17-4-2-16(3-5-17)22(33)32(19-7-8-19)20-10-12-24(15-30,13-11-20)21-9-6-18(26)14-31-21/h3-7,10,15,19-20,36H,8-9,11-14H2,1-2H3;2-9,21-22,36H,10-16H2,1H3,(H2,32,35);2-6,9,14,19-20,36H,7-8,10-13,15H2,1H3,(H2,31,35);2-6,9,14,19-20,34H,7-8,10-13,15,30H2,1H3/t20?,25-,26?;22?,25-,26?;20?,24-,25?;20?,23-,24?/m0000/s1. The van der Waals surface area contributed by atoms with Crippen LogP contribution in [0.3, 0.4) is 0 Å². The van der Waals surface area contributed by atoms with E-state index >= 15 is 0 Å². The molecule has 784 valence electrons.